The molecule has 1 atom stereocenters. The van der Waals surface area contributed by atoms with Gasteiger partial charge in [-0.15, -0.1) is 12.4 Å². The number of nitrogens with zero attached hydrogens (tertiary/aromatic N) is 1. The van der Waals surface area contributed by atoms with E-state index < -0.39 is 0 Å². The number of piperidine rings is 1. The number of benzene rings is 1. The fourth-order valence-electron chi connectivity index (χ4n) is 2.62. The van der Waals surface area contributed by atoms with Gasteiger partial charge in [-0.05, 0) is 45.3 Å². The van der Waals surface area contributed by atoms with Gasteiger partial charge < -0.3 is 10.2 Å². The van der Waals surface area contributed by atoms with Crippen LogP contribution in [0.5, 0.6) is 0 Å². The number of carbonyl (C=O) groups excluding carboxylic acids is 1. The number of hydrogen-bond acceptors (Lipinski definition) is 2. The standard InChI is InChI=1S/C16H24N2O.ClH/c1-12-4-6-14(7-5-12)13(2)18(3)16(19)15-8-10-17-11-9-15;/h4-7,13,15,17H,8-11H2,1-3H3;1H. The van der Waals surface area contributed by atoms with Crippen LogP contribution in [0.15, 0.2) is 24.3 Å². The Hall–Kier alpha value is -1.06. The van der Waals surface area contributed by atoms with Crippen LogP contribution in [0.4, 0.5) is 0 Å². The summed E-state index contributed by atoms with van der Waals surface area (Å²) in [4.78, 5) is 14.4. The summed E-state index contributed by atoms with van der Waals surface area (Å²) in [5.74, 6) is 0.480. The summed E-state index contributed by atoms with van der Waals surface area (Å²) in [6.45, 7) is 6.11. The van der Waals surface area contributed by atoms with Crippen molar-refractivity contribution < 1.29 is 4.79 Å². The number of aryl methyl sites for hydroxylation is 1. The first-order valence-electron chi connectivity index (χ1n) is 7.13. The molecule has 2 rings (SSSR count). The van der Waals surface area contributed by atoms with Crippen LogP contribution >= 0.6 is 12.4 Å². The van der Waals surface area contributed by atoms with Crippen LogP contribution in [-0.2, 0) is 4.79 Å². The second-order valence-corrected chi connectivity index (χ2v) is 5.56. The zero-order valence-electron chi connectivity index (χ0n) is 12.6. The highest BCUT2D eigenvalue weighted by molar-refractivity contribution is 5.85. The average molecular weight is 297 g/mol. The molecule has 1 aromatic carbocycles. The molecule has 4 heteroatoms. The zero-order valence-corrected chi connectivity index (χ0v) is 13.4. The minimum absolute atomic E-state index is 0. The summed E-state index contributed by atoms with van der Waals surface area (Å²) in [5, 5.41) is 3.30. The fraction of sp³-hybridized carbons (Fsp3) is 0.562. The Morgan fingerprint density at radius 3 is 2.35 bits per heavy atom. The maximum atomic E-state index is 12.5. The highest BCUT2D eigenvalue weighted by Crippen LogP contribution is 2.23. The second-order valence-electron chi connectivity index (χ2n) is 5.56. The Labute approximate surface area is 128 Å². The lowest BCUT2D eigenvalue weighted by Gasteiger charge is -2.31. The van der Waals surface area contributed by atoms with E-state index in [1.165, 1.54) is 11.1 Å². The smallest absolute Gasteiger partial charge is 0.226 e. The van der Waals surface area contributed by atoms with Crippen molar-refractivity contribution in [3.05, 3.63) is 35.4 Å². The van der Waals surface area contributed by atoms with Crippen molar-refractivity contribution in [1.82, 2.24) is 10.2 Å². The molecule has 1 N–H and O–H groups in total. The molecule has 1 fully saturated rings. The third kappa shape index (κ3) is 3.97. The van der Waals surface area contributed by atoms with Gasteiger partial charge in [0, 0.05) is 13.0 Å². The first-order valence-corrected chi connectivity index (χ1v) is 7.13. The summed E-state index contributed by atoms with van der Waals surface area (Å²) in [7, 11) is 1.93. The minimum atomic E-state index is 0. The van der Waals surface area contributed by atoms with E-state index in [0.29, 0.717) is 0 Å². The third-order valence-corrected chi connectivity index (χ3v) is 4.18. The Morgan fingerprint density at radius 2 is 1.80 bits per heavy atom. The second kappa shape index (κ2) is 7.65. The molecule has 1 saturated heterocycles. The van der Waals surface area contributed by atoms with E-state index in [1.807, 2.05) is 11.9 Å². The molecule has 0 aliphatic carbocycles. The molecule has 3 nitrogen and oxygen atoms in total. The molecule has 1 amide bonds. The van der Waals surface area contributed by atoms with Gasteiger partial charge in [0.2, 0.25) is 5.91 Å². The van der Waals surface area contributed by atoms with E-state index >= 15 is 0 Å². The topological polar surface area (TPSA) is 32.3 Å². The van der Waals surface area contributed by atoms with Crippen molar-refractivity contribution in [1.29, 1.82) is 0 Å². The van der Waals surface area contributed by atoms with Gasteiger partial charge in [-0.2, -0.15) is 0 Å². The SMILES string of the molecule is Cc1ccc(C(C)N(C)C(=O)C2CCNCC2)cc1.Cl. The maximum absolute atomic E-state index is 12.5. The molecule has 0 saturated carbocycles. The van der Waals surface area contributed by atoms with Crippen LogP contribution in [0.1, 0.15) is 36.9 Å². The molecule has 1 heterocycles. The van der Waals surface area contributed by atoms with E-state index in [9.17, 15) is 4.79 Å². The molecule has 112 valence electrons. The van der Waals surface area contributed by atoms with Crippen LogP contribution in [0.3, 0.4) is 0 Å². The number of amides is 1. The van der Waals surface area contributed by atoms with E-state index in [-0.39, 0.29) is 30.3 Å². The Kier molecular flexibility index (Phi) is 6.50. The number of carbonyl (C=O) groups is 1. The Balaban J connectivity index is 0.00000200. The highest BCUT2D eigenvalue weighted by Gasteiger charge is 2.26. The molecule has 0 spiro atoms. The molecule has 1 aromatic rings. The van der Waals surface area contributed by atoms with Crippen LogP contribution in [0.2, 0.25) is 0 Å². The first kappa shape index (κ1) is 17.0. The molecule has 1 aliphatic heterocycles. The average Bonchev–Trinajstić information content (AvgIpc) is 2.46. The molecular weight excluding hydrogens is 272 g/mol. The van der Waals surface area contributed by atoms with Crippen molar-refractivity contribution >= 4 is 18.3 Å². The van der Waals surface area contributed by atoms with Crippen LogP contribution in [-0.4, -0.2) is 30.9 Å². The third-order valence-electron chi connectivity index (χ3n) is 4.18. The van der Waals surface area contributed by atoms with Gasteiger partial charge in [0.15, 0.2) is 0 Å². The van der Waals surface area contributed by atoms with E-state index in [0.717, 1.165) is 25.9 Å². The molecular formula is C16H25ClN2O. The monoisotopic (exact) mass is 296 g/mol. The van der Waals surface area contributed by atoms with Crippen LogP contribution in [0, 0.1) is 12.8 Å². The molecule has 1 unspecified atom stereocenters. The van der Waals surface area contributed by atoms with Crippen molar-refractivity contribution in [2.24, 2.45) is 5.92 Å². The summed E-state index contributed by atoms with van der Waals surface area (Å²) < 4.78 is 0. The first-order chi connectivity index (χ1) is 9.09. The highest BCUT2D eigenvalue weighted by atomic mass is 35.5. The van der Waals surface area contributed by atoms with Gasteiger partial charge in [0.1, 0.15) is 0 Å². The zero-order chi connectivity index (χ0) is 13.8. The van der Waals surface area contributed by atoms with Gasteiger partial charge in [-0.3, -0.25) is 4.79 Å². The molecule has 1 aliphatic rings. The van der Waals surface area contributed by atoms with E-state index in [1.54, 1.807) is 0 Å². The predicted molar refractivity (Wildman–Crippen MR) is 85.2 cm³/mol. The summed E-state index contributed by atoms with van der Waals surface area (Å²) in [6, 6.07) is 8.59. The van der Waals surface area contributed by atoms with Gasteiger partial charge in [-0.25, -0.2) is 0 Å². The lowest BCUT2D eigenvalue weighted by molar-refractivity contribution is -0.137. The predicted octanol–water partition coefficient (Wildman–Crippen LogP) is 2.94. The van der Waals surface area contributed by atoms with Crippen molar-refractivity contribution in [2.45, 2.75) is 32.7 Å². The fourth-order valence-corrected chi connectivity index (χ4v) is 2.62. The molecule has 0 aromatic heterocycles. The minimum Gasteiger partial charge on any atom is -0.339 e. The lowest BCUT2D eigenvalue weighted by Crippen LogP contribution is -2.40. The van der Waals surface area contributed by atoms with Crippen LogP contribution in [0.25, 0.3) is 0 Å². The molecule has 20 heavy (non-hydrogen) atoms. The van der Waals surface area contributed by atoms with Gasteiger partial charge in [0.25, 0.3) is 0 Å². The summed E-state index contributed by atoms with van der Waals surface area (Å²) in [6.07, 6.45) is 1.92. The van der Waals surface area contributed by atoms with E-state index in [4.69, 9.17) is 0 Å². The maximum Gasteiger partial charge on any atom is 0.226 e. The van der Waals surface area contributed by atoms with Crippen molar-refractivity contribution in [3.63, 3.8) is 0 Å². The molecule has 0 bridgehead atoms. The molecule has 0 radical (unpaired) electrons. The number of nitrogens with one attached hydrogen (secondary N) is 1. The summed E-state index contributed by atoms with van der Waals surface area (Å²) >= 11 is 0. The van der Waals surface area contributed by atoms with Gasteiger partial charge >= 0.3 is 0 Å². The van der Waals surface area contributed by atoms with Crippen LogP contribution < -0.4 is 5.32 Å². The number of rotatable bonds is 3. The van der Waals surface area contributed by atoms with Gasteiger partial charge in [0.05, 0.1) is 6.04 Å². The Bertz CT molecular complexity index is 427. The van der Waals surface area contributed by atoms with Crippen molar-refractivity contribution in [3.8, 4) is 0 Å². The van der Waals surface area contributed by atoms with Crippen molar-refractivity contribution in [2.75, 3.05) is 20.1 Å². The summed E-state index contributed by atoms with van der Waals surface area (Å²) in [5.41, 5.74) is 2.46. The Morgan fingerprint density at radius 1 is 1.25 bits per heavy atom. The quantitative estimate of drug-likeness (QED) is 0.930. The number of halogens is 1. The lowest BCUT2D eigenvalue weighted by atomic mass is 9.95. The number of hydrogen-bond donors (Lipinski definition) is 1. The largest absolute Gasteiger partial charge is 0.339 e. The van der Waals surface area contributed by atoms with E-state index in [2.05, 4.69) is 43.4 Å². The normalized spacial score (nSPS) is 17.1. The van der Waals surface area contributed by atoms with Gasteiger partial charge in [-0.1, -0.05) is 29.8 Å².